The third-order valence-electron chi connectivity index (χ3n) is 3.35. The molecule has 1 heterocycles. The molecule has 124 valence electrons. The number of nitrogen functional groups attached to an aromatic ring is 1. The van der Waals surface area contributed by atoms with E-state index in [0.29, 0.717) is 17.5 Å². The molecule has 1 aromatic heterocycles. The average molecular weight is 333 g/mol. The largest absolute Gasteiger partial charge is 0.336 e. The fraction of sp³-hybridized carbons (Fsp3) is 0.438. The first-order chi connectivity index (χ1) is 11.0. The summed E-state index contributed by atoms with van der Waals surface area (Å²) >= 11 is 1.32. The third-order valence-corrected chi connectivity index (χ3v) is 4.28. The van der Waals surface area contributed by atoms with E-state index >= 15 is 0 Å². The number of para-hydroxylation sites is 1. The second kappa shape index (κ2) is 8.01. The van der Waals surface area contributed by atoms with Crippen LogP contribution in [0.25, 0.3) is 0 Å². The molecule has 0 atom stereocenters. The van der Waals surface area contributed by atoms with Gasteiger partial charge < -0.3 is 10.7 Å². The molecule has 1 amide bonds. The lowest BCUT2D eigenvalue weighted by atomic mass is 10.2. The molecular weight excluding hydrogens is 310 g/mol. The van der Waals surface area contributed by atoms with Gasteiger partial charge in [-0.2, -0.15) is 0 Å². The van der Waals surface area contributed by atoms with Gasteiger partial charge in [-0.3, -0.25) is 4.79 Å². The number of nitrogens with two attached hydrogens (primary N) is 1. The van der Waals surface area contributed by atoms with E-state index in [1.165, 1.54) is 16.4 Å². The van der Waals surface area contributed by atoms with Crippen LogP contribution in [0.2, 0.25) is 0 Å². The van der Waals surface area contributed by atoms with Crippen LogP contribution >= 0.6 is 11.8 Å². The van der Waals surface area contributed by atoms with Crippen LogP contribution in [-0.4, -0.2) is 33.1 Å². The van der Waals surface area contributed by atoms with E-state index < -0.39 is 0 Å². The predicted molar refractivity (Wildman–Crippen MR) is 94.1 cm³/mol. The highest BCUT2D eigenvalue weighted by atomic mass is 32.2. The summed E-state index contributed by atoms with van der Waals surface area (Å²) in [6.07, 6.45) is 0.899. The molecule has 0 aliphatic heterocycles. The van der Waals surface area contributed by atoms with E-state index in [1.807, 2.05) is 44.2 Å². The SMILES string of the molecule is CCCN(C(=O)CSc1nnc(C(C)C)n1N)c1ccccc1. The zero-order valence-electron chi connectivity index (χ0n) is 13.8. The average Bonchev–Trinajstić information content (AvgIpc) is 2.92. The van der Waals surface area contributed by atoms with Crippen molar-refractivity contribution in [3.8, 4) is 0 Å². The summed E-state index contributed by atoms with van der Waals surface area (Å²) in [7, 11) is 0. The fourth-order valence-electron chi connectivity index (χ4n) is 2.21. The van der Waals surface area contributed by atoms with E-state index in [9.17, 15) is 4.79 Å². The fourth-order valence-corrected chi connectivity index (χ4v) is 2.95. The van der Waals surface area contributed by atoms with Crippen LogP contribution in [0.1, 0.15) is 38.9 Å². The predicted octanol–water partition coefficient (Wildman–Crippen LogP) is 2.65. The molecule has 0 bridgehead atoms. The number of carbonyl (C=O) groups is 1. The first-order valence-corrected chi connectivity index (χ1v) is 8.71. The number of anilines is 1. The van der Waals surface area contributed by atoms with Crippen molar-refractivity contribution in [2.75, 3.05) is 23.0 Å². The lowest BCUT2D eigenvalue weighted by Crippen LogP contribution is -2.33. The number of hydrogen-bond acceptors (Lipinski definition) is 5. The van der Waals surface area contributed by atoms with E-state index in [-0.39, 0.29) is 17.6 Å². The number of amides is 1. The molecule has 6 nitrogen and oxygen atoms in total. The Hall–Kier alpha value is -2.02. The van der Waals surface area contributed by atoms with Crippen molar-refractivity contribution in [1.82, 2.24) is 14.9 Å². The summed E-state index contributed by atoms with van der Waals surface area (Å²) in [5.41, 5.74) is 0.914. The van der Waals surface area contributed by atoms with Crippen molar-refractivity contribution < 1.29 is 4.79 Å². The van der Waals surface area contributed by atoms with Crippen molar-refractivity contribution in [3.63, 3.8) is 0 Å². The van der Waals surface area contributed by atoms with Crippen LogP contribution in [0.5, 0.6) is 0 Å². The van der Waals surface area contributed by atoms with Crippen molar-refractivity contribution in [2.24, 2.45) is 0 Å². The molecular formula is C16H23N5OS. The van der Waals surface area contributed by atoms with E-state index in [4.69, 9.17) is 5.84 Å². The van der Waals surface area contributed by atoms with Crippen LogP contribution in [0.3, 0.4) is 0 Å². The lowest BCUT2D eigenvalue weighted by Gasteiger charge is -2.22. The minimum absolute atomic E-state index is 0.0390. The van der Waals surface area contributed by atoms with Gasteiger partial charge in [-0.15, -0.1) is 10.2 Å². The number of rotatable bonds is 7. The summed E-state index contributed by atoms with van der Waals surface area (Å²) in [6.45, 7) is 6.76. The molecule has 0 unspecified atom stereocenters. The van der Waals surface area contributed by atoms with Crippen LogP contribution in [0.15, 0.2) is 35.5 Å². The summed E-state index contributed by atoms with van der Waals surface area (Å²) in [5.74, 6) is 7.21. The van der Waals surface area contributed by atoms with Gasteiger partial charge in [-0.25, -0.2) is 4.68 Å². The molecule has 0 aliphatic carbocycles. The highest BCUT2D eigenvalue weighted by Crippen LogP contribution is 2.21. The Morgan fingerprint density at radius 2 is 2.00 bits per heavy atom. The van der Waals surface area contributed by atoms with Gasteiger partial charge in [-0.1, -0.05) is 50.7 Å². The molecule has 7 heteroatoms. The number of thioether (sulfide) groups is 1. The Morgan fingerprint density at radius 1 is 1.30 bits per heavy atom. The molecule has 0 saturated carbocycles. The van der Waals surface area contributed by atoms with Gasteiger partial charge in [0.05, 0.1) is 5.75 Å². The number of hydrogen-bond donors (Lipinski definition) is 1. The second-order valence-corrected chi connectivity index (χ2v) is 6.48. The number of benzene rings is 1. The van der Waals surface area contributed by atoms with Crippen molar-refractivity contribution in [1.29, 1.82) is 0 Å². The van der Waals surface area contributed by atoms with Crippen molar-refractivity contribution in [2.45, 2.75) is 38.3 Å². The van der Waals surface area contributed by atoms with Crippen LogP contribution in [0.4, 0.5) is 5.69 Å². The monoisotopic (exact) mass is 333 g/mol. The zero-order chi connectivity index (χ0) is 16.8. The summed E-state index contributed by atoms with van der Waals surface area (Å²) in [5, 5.41) is 8.70. The smallest absolute Gasteiger partial charge is 0.237 e. The maximum atomic E-state index is 12.6. The van der Waals surface area contributed by atoms with Gasteiger partial charge in [0.2, 0.25) is 11.1 Å². The lowest BCUT2D eigenvalue weighted by molar-refractivity contribution is -0.116. The minimum atomic E-state index is 0.0390. The van der Waals surface area contributed by atoms with Gasteiger partial charge in [0.25, 0.3) is 0 Å². The van der Waals surface area contributed by atoms with Gasteiger partial charge in [0.15, 0.2) is 5.82 Å². The van der Waals surface area contributed by atoms with Gasteiger partial charge in [0, 0.05) is 18.2 Å². The molecule has 0 spiro atoms. The maximum absolute atomic E-state index is 12.6. The first-order valence-electron chi connectivity index (χ1n) is 7.73. The molecule has 0 aliphatic rings. The molecule has 1 aromatic carbocycles. The van der Waals surface area contributed by atoms with E-state index in [2.05, 4.69) is 17.1 Å². The van der Waals surface area contributed by atoms with E-state index in [1.54, 1.807) is 4.90 Å². The van der Waals surface area contributed by atoms with Gasteiger partial charge in [-0.05, 0) is 18.6 Å². The Labute approximate surface area is 141 Å². The quantitative estimate of drug-likeness (QED) is 0.622. The molecule has 2 aromatic rings. The molecule has 2 N–H and O–H groups in total. The van der Waals surface area contributed by atoms with Crippen LogP contribution < -0.4 is 10.7 Å². The summed E-state index contributed by atoms with van der Waals surface area (Å²) < 4.78 is 1.47. The highest BCUT2D eigenvalue weighted by molar-refractivity contribution is 7.99. The minimum Gasteiger partial charge on any atom is -0.336 e. The van der Waals surface area contributed by atoms with Crippen LogP contribution in [-0.2, 0) is 4.79 Å². The molecule has 23 heavy (non-hydrogen) atoms. The Morgan fingerprint density at radius 3 is 2.57 bits per heavy atom. The summed E-state index contributed by atoms with van der Waals surface area (Å²) in [4.78, 5) is 14.4. The van der Waals surface area contributed by atoms with Crippen molar-refractivity contribution in [3.05, 3.63) is 36.2 Å². The Bertz CT molecular complexity index is 641. The number of nitrogens with zero attached hydrogens (tertiary/aromatic N) is 4. The van der Waals surface area contributed by atoms with Gasteiger partial charge in [0.1, 0.15) is 0 Å². The third kappa shape index (κ3) is 4.25. The van der Waals surface area contributed by atoms with Crippen molar-refractivity contribution >= 4 is 23.4 Å². The second-order valence-electron chi connectivity index (χ2n) is 5.54. The zero-order valence-corrected chi connectivity index (χ0v) is 14.6. The molecule has 0 saturated heterocycles. The Kier molecular flexibility index (Phi) is 6.04. The van der Waals surface area contributed by atoms with Gasteiger partial charge >= 0.3 is 0 Å². The maximum Gasteiger partial charge on any atom is 0.237 e. The standard InChI is InChI=1S/C16H23N5OS/c1-4-10-20(13-8-6-5-7-9-13)14(22)11-23-16-19-18-15(12(2)3)21(16)17/h5-9,12H,4,10-11,17H2,1-3H3. The topological polar surface area (TPSA) is 77.0 Å². The molecule has 0 fully saturated rings. The van der Waals surface area contributed by atoms with Crippen LogP contribution in [0, 0.1) is 0 Å². The normalized spacial score (nSPS) is 11.0. The molecule has 2 rings (SSSR count). The Balaban J connectivity index is 2.05. The molecule has 0 radical (unpaired) electrons. The number of aromatic nitrogens is 3. The first kappa shape index (κ1) is 17.3. The number of carbonyl (C=O) groups excluding carboxylic acids is 1. The van der Waals surface area contributed by atoms with E-state index in [0.717, 1.165) is 12.1 Å². The highest BCUT2D eigenvalue weighted by Gasteiger charge is 2.18. The summed E-state index contributed by atoms with van der Waals surface area (Å²) in [6, 6.07) is 9.70.